The summed E-state index contributed by atoms with van der Waals surface area (Å²) in [6, 6.07) is 5.79. The first-order chi connectivity index (χ1) is 9.13. The van der Waals surface area contributed by atoms with Crippen molar-refractivity contribution in [1.82, 2.24) is 10.3 Å². The van der Waals surface area contributed by atoms with Gasteiger partial charge in [-0.1, -0.05) is 12.8 Å². The van der Waals surface area contributed by atoms with Crippen LogP contribution in [0.25, 0.3) is 10.9 Å². The van der Waals surface area contributed by atoms with Gasteiger partial charge in [0, 0.05) is 28.8 Å². The second kappa shape index (κ2) is 4.61. The molecule has 2 aromatic rings. The fourth-order valence-corrected chi connectivity index (χ4v) is 2.54. The monoisotopic (exact) mass is 257 g/mol. The normalized spacial score (nSPS) is 16.5. The summed E-state index contributed by atoms with van der Waals surface area (Å²) in [5, 5.41) is 3.95. The fraction of sp³-hybridized carbons (Fsp3) is 0.400. The maximum atomic E-state index is 12.3. The molecule has 1 saturated carbocycles. The molecule has 1 unspecified atom stereocenters. The van der Waals surface area contributed by atoms with Crippen LogP contribution in [0.3, 0.4) is 0 Å². The Morgan fingerprint density at radius 3 is 3.05 bits per heavy atom. The first-order valence-electron chi connectivity index (χ1n) is 6.81. The Kier molecular flexibility index (Phi) is 2.93. The van der Waals surface area contributed by atoms with Crippen LogP contribution in [0.2, 0.25) is 0 Å². The Morgan fingerprint density at radius 1 is 1.53 bits per heavy atom. The minimum atomic E-state index is -0.0231. The number of amides is 1. The van der Waals surface area contributed by atoms with E-state index in [0.29, 0.717) is 11.3 Å². The molecule has 0 spiro atoms. The molecule has 1 fully saturated rings. The molecule has 1 heterocycles. The number of H-pyrrole nitrogens is 1. The Hall–Kier alpha value is -1.97. The summed E-state index contributed by atoms with van der Waals surface area (Å²) in [5.41, 5.74) is 8.07. The van der Waals surface area contributed by atoms with Gasteiger partial charge < -0.3 is 16.0 Å². The van der Waals surface area contributed by atoms with Gasteiger partial charge >= 0.3 is 0 Å². The second-order valence-electron chi connectivity index (χ2n) is 5.56. The minimum absolute atomic E-state index is 0.0231. The van der Waals surface area contributed by atoms with E-state index in [0.717, 1.165) is 23.2 Å². The lowest BCUT2D eigenvalue weighted by atomic mass is 10.1. The predicted molar refractivity (Wildman–Crippen MR) is 77.0 cm³/mol. The number of anilines is 1. The molecule has 1 aliphatic rings. The number of aromatic nitrogens is 1. The van der Waals surface area contributed by atoms with Crippen LogP contribution < -0.4 is 11.1 Å². The highest BCUT2D eigenvalue weighted by atomic mass is 16.1. The van der Waals surface area contributed by atoms with Crippen LogP contribution in [0.5, 0.6) is 0 Å². The summed E-state index contributed by atoms with van der Waals surface area (Å²) in [5.74, 6) is 0.791. The average molecular weight is 257 g/mol. The largest absolute Gasteiger partial charge is 0.399 e. The van der Waals surface area contributed by atoms with Gasteiger partial charge in [0.15, 0.2) is 0 Å². The van der Waals surface area contributed by atoms with Gasteiger partial charge in [-0.3, -0.25) is 4.79 Å². The minimum Gasteiger partial charge on any atom is -0.399 e. The quantitative estimate of drug-likeness (QED) is 0.737. The number of fused-ring (bicyclic) bond motifs is 1. The van der Waals surface area contributed by atoms with E-state index in [-0.39, 0.29) is 11.9 Å². The maximum absolute atomic E-state index is 12.3. The number of nitrogens with one attached hydrogen (secondary N) is 2. The Bertz CT molecular complexity index is 613. The molecule has 0 saturated heterocycles. The Labute approximate surface area is 112 Å². The second-order valence-corrected chi connectivity index (χ2v) is 5.56. The zero-order valence-corrected chi connectivity index (χ0v) is 11.1. The predicted octanol–water partition coefficient (Wildman–Crippen LogP) is 2.67. The van der Waals surface area contributed by atoms with Gasteiger partial charge in [0.1, 0.15) is 0 Å². The summed E-state index contributed by atoms with van der Waals surface area (Å²) in [4.78, 5) is 15.4. The van der Waals surface area contributed by atoms with E-state index in [1.54, 1.807) is 6.20 Å². The van der Waals surface area contributed by atoms with Crippen molar-refractivity contribution in [1.29, 1.82) is 0 Å². The molecule has 1 amide bonds. The van der Waals surface area contributed by atoms with Gasteiger partial charge in [-0.15, -0.1) is 0 Å². The number of hydrogen-bond acceptors (Lipinski definition) is 2. The number of nitrogen functional groups attached to an aromatic ring is 1. The van der Waals surface area contributed by atoms with E-state index in [4.69, 9.17) is 5.73 Å². The molecule has 4 N–H and O–H groups in total. The molecule has 1 aromatic carbocycles. The van der Waals surface area contributed by atoms with E-state index in [2.05, 4.69) is 17.2 Å². The van der Waals surface area contributed by atoms with Gasteiger partial charge in [-0.2, -0.15) is 0 Å². The van der Waals surface area contributed by atoms with Crippen molar-refractivity contribution >= 4 is 22.5 Å². The highest BCUT2D eigenvalue weighted by Gasteiger charge is 2.24. The van der Waals surface area contributed by atoms with Gasteiger partial charge in [0.2, 0.25) is 0 Å². The zero-order chi connectivity index (χ0) is 13.4. The molecule has 1 aliphatic carbocycles. The third-order valence-corrected chi connectivity index (χ3v) is 3.71. The number of nitrogens with two attached hydrogens (primary N) is 1. The van der Waals surface area contributed by atoms with Gasteiger partial charge in [-0.25, -0.2) is 0 Å². The Balaban J connectivity index is 1.78. The molecule has 3 rings (SSSR count). The molecule has 0 bridgehead atoms. The number of aromatic amines is 1. The van der Waals surface area contributed by atoms with Crippen LogP contribution in [0.4, 0.5) is 5.69 Å². The SMILES string of the molecule is CC(CC1CC1)NC(=O)c1c[nH]c2ccc(N)cc12. The van der Waals surface area contributed by atoms with E-state index in [1.165, 1.54) is 12.8 Å². The molecular weight excluding hydrogens is 238 g/mol. The van der Waals surface area contributed by atoms with E-state index in [1.807, 2.05) is 18.2 Å². The lowest BCUT2D eigenvalue weighted by molar-refractivity contribution is 0.0939. The molecule has 0 radical (unpaired) electrons. The maximum Gasteiger partial charge on any atom is 0.253 e. The molecule has 1 aromatic heterocycles. The average Bonchev–Trinajstić information content (AvgIpc) is 3.06. The summed E-state index contributed by atoms with van der Waals surface area (Å²) < 4.78 is 0. The van der Waals surface area contributed by atoms with Crippen molar-refractivity contribution in [2.45, 2.75) is 32.2 Å². The molecule has 1 atom stereocenters. The molecule has 0 aliphatic heterocycles. The first-order valence-corrected chi connectivity index (χ1v) is 6.81. The number of rotatable bonds is 4. The molecule has 4 nitrogen and oxygen atoms in total. The number of benzene rings is 1. The first kappa shape index (κ1) is 12.1. The number of hydrogen-bond donors (Lipinski definition) is 3. The number of carbonyl (C=O) groups excluding carboxylic acids is 1. The summed E-state index contributed by atoms with van der Waals surface area (Å²) in [6.45, 7) is 2.07. The molecule has 19 heavy (non-hydrogen) atoms. The molecular formula is C15H19N3O. The van der Waals surface area contributed by atoms with Crippen molar-refractivity contribution < 1.29 is 4.79 Å². The highest BCUT2D eigenvalue weighted by Crippen LogP contribution is 2.33. The summed E-state index contributed by atoms with van der Waals surface area (Å²) >= 11 is 0. The van der Waals surface area contributed by atoms with Crippen LogP contribution in [0.1, 0.15) is 36.5 Å². The van der Waals surface area contributed by atoms with Crippen molar-refractivity contribution in [3.8, 4) is 0 Å². The highest BCUT2D eigenvalue weighted by molar-refractivity contribution is 6.07. The van der Waals surface area contributed by atoms with Crippen molar-refractivity contribution in [3.63, 3.8) is 0 Å². The molecule has 100 valence electrons. The van der Waals surface area contributed by atoms with Gasteiger partial charge in [-0.05, 0) is 37.5 Å². The van der Waals surface area contributed by atoms with Crippen LogP contribution in [0.15, 0.2) is 24.4 Å². The lowest BCUT2D eigenvalue weighted by Crippen LogP contribution is -2.32. The smallest absolute Gasteiger partial charge is 0.253 e. The topological polar surface area (TPSA) is 70.9 Å². The van der Waals surface area contributed by atoms with Gasteiger partial charge in [0.05, 0.1) is 5.56 Å². The van der Waals surface area contributed by atoms with Crippen molar-refractivity contribution in [2.75, 3.05) is 5.73 Å². The summed E-state index contributed by atoms with van der Waals surface area (Å²) in [7, 11) is 0. The van der Waals surface area contributed by atoms with Crippen LogP contribution in [-0.4, -0.2) is 16.9 Å². The molecule has 4 heteroatoms. The third-order valence-electron chi connectivity index (χ3n) is 3.71. The van der Waals surface area contributed by atoms with Crippen molar-refractivity contribution in [3.05, 3.63) is 30.0 Å². The van der Waals surface area contributed by atoms with Crippen molar-refractivity contribution in [2.24, 2.45) is 5.92 Å². The fourth-order valence-electron chi connectivity index (χ4n) is 2.54. The van der Waals surface area contributed by atoms with Crippen LogP contribution in [0, 0.1) is 5.92 Å². The van der Waals surface area contributed by atoms with Crippen LogP contribution >= 0.6 is 0 Å². The lowest BCUT2D eigenvalue weighted by Gasteiger charge is -2.12. The van der Waals surface area contributed by atoms with E-state index >= 15 is 0 Å². The van der Waals surface area contributed by atoms with E-state index < -0.39 is 0 Å². The van der Waals surface area contributed by atoms with Crippen LogP contribution in [-0.2, 0) is 0 Å². The Morgan fingerprint density at radius 2 is 2.32 bits per heavy atom. The summed E-state index contributed by atoms with van der Waals surface area (Å²) in [6.07, 6.45) is 5.45. The standard InChI is InChI=1S/C15H19N3O/c1-9(6-10-2-3-10)18-15(19)13-8-17-14-5-4-11(16)7-12(13)14/h4-5,7-10,17H,2-3,6,16H2,1H3,(H,18,19). The zero-order valence-electron chi connectivity index (χ0n) is 11.1. The van der Waals surface area contributed by atoms with Gasteiger partial charge in [0.25, 0.3) is 5.91 Å². The number of carbonyl (C=O) groups is 1. The third kappa shape index (κ3) is 2.57. The van der Waals surface area contributed by atoms with E-state index in [9.17, 15) is 4.79 Å².